The monoisotopic (exact) mass is 324 g/mol. The molecule has 1 atom stereocenters. The molecule has 0 aliphatic carbocycles. The third-order valence-corrected chi connectivity index (χ3v) is 3.60. The summed E-state index contributed by atoms with van der Waals surface area (Å²) in [5.74, 6) is -0.343. The molecule has 1 amide bonds. The zero-order valence-electron chi connectivity index (χ0n) is 12.2. The summed E-state index contributed by atoms with van der Waals surface area (Å²) < 4.78 is 12.9. The Balaban J connectivity index is 0.00000176. The first-order valence-corrected chi connectivity index (χ1v) is 6.97. The number of amides is 1. The normalized spacial score (nSPS) is 17.9. The fraction of sp³-hybridized carbons (Fsp3) is 0.333. The van der Waals surface area contributed by atoms with Crippen LogP contribution >= 0.6 is 12.4 Å². The van der Waals surface area contributed by atoms with E-state index in [0.717, 1.165) is 12.1 Å². The average molecular weight is 325 g/mol. The van der Waals surface area contributed by atoms with Gasteiger partial charge in [-0.25, -0.2) is 4.39 Å². The van der Waals surface area contributed by atoms with Gasteiger partial charge in [-0.2, -0.15) is 5.10 Å². The van der Waals surface area contributed by atoms with Crippen molar-refractivity contribution in [1.29, 1.82) is 0 Å². The highest BCUT2D eigenvalue weighted by molar-refractivity contribution is 5.93. The summed E-state index contributed by atoms with van der Waals surface area (Å²) >= 11 is 0. The minimum absolute atomic E-state index is 0. The van der Waals surface area contributed by atoms with Crippen LogP contribution < -0.4 is 5.32 Å². The maximum absolute atomic E-state index is 12.9. The molecule has 0 bridgehead atoms. The summed E-state index contributed by atoms with van der Waals surface area (Å²) in [7, 11) is 0. The Hall–Kier alpha value is -1.92. The van der Waals surface area contributed by atoms with Gasteiger partial charge in [0.2, 0.25) is 0 Å². The predicted molar refractivity (Wildman–Crippen MR) is 84.6 cm³/mol. The van der Waals surface area contributed by atoms with E-state index in [1.54, 1.807) is 18.2 Å². The number of carbonyl (C=O) groups is 1. The molecule has 1 aliphatic rings. The molecule has 0 saturated carbocycles. The Morgan fingerprint density at radius 1 is 1.36 bits per heavy atom. The van der Waals surface area contributed by atoms with Crippen LogP contribution in [-0.4, -0.2) is 46.7 Å². The van der Waals surface area contributed by atoms with E-state index in [-0.39, 0.29) is 24.1 Å². The molecule has 5 nitrogen and oxygen atoms in total. The van der Waals surface area contributed by atoms with Gasteiger partial charge in [-0.1, -0.05) is 0 Å². The Bertz CT molecular complexity index is 643. The first-order valence-electron chi connectivity index (χ1n) is 6.97. The first kappa shape index (κ1) is 16.5. The molecule has 118 valence electrons. The topological polar surface area (TPSA) is 61.0 Å². The number of nitrogens with zero attached hydrogens (tertiary/aromatic N) is 2. The molecule has 3 rings (SSSR count). The van der Waals surface area contributed by atoms with Gasteiger partial charge < -0.3 is 10.2 Å². The second-order valence-electron chi connectivity index (χ2n) is 5.28. The van der Waals surface area contributed by atoms with Gasteiger partial charge in [-0.15, -0.1) is 12.4 Å². The molecule has 0 spiro atoms. The van der Waals surface area contributed by atoms with Crippen LogP contribution in [0.1, 0.15) is 17.4 Å². The molecule has 7 heteroatoms. The summed E-state index contributed by atoms with van der Waals surface area (Å²) in [6, 6.07) is 8.05. The van der Waals surface area contributed by atoms with E-state index in [1.165, 1.54) is 12.1 Å². The van der Waals surface area contributed by atoms with Gasteiger partial charge in [0, 0.05) is 31.2 Å². The Morgan fingerprint density at radius 2 is 2.09 bits per heavy atom. The van der Waals surface area contributed by atoms with Crippen LogP contribution in [0, 0.1) is 5.82 Å². The molecule has 22 heavy (non-hydrogen) atoms. The molecule has 1 aliphatic heterocycles. The fourth-order valence-electron chi connectivity index (χ4n) is 2.49. The smallest absolute Gasteiger partial charge is 0.271 e. The molecule has 2 heterocycles. The van der Waals surface area contributed by atoms with Crippen molar-refractivity contribution in [3.63, 3.8) is 0 Å². The Kier molecular flexibility index (Phi) is 5.15. The van der Waals surface area contributed by atoms with Crippen molar-refractivity contribution in [3.8, 4) is 11.3 Å². The van der Waals surface area contributed by atoms with Crippen molar-refractivity contribution >= 4 is 18.3 Å². The second kappa shape index (κ2) is 6.89. The molecular formula is C15H18ClFN4O. The van der Waals surface area contributed by atoms with Crippen LogP contribution in [0.25, 0.3) is 11.3 Å². The third-order valence-electron chi connectivity index (χ3n) is 3.60. The van der Waals surface area contributed by atoms with Gasteiger partial charge in [-0.05, 0) is 37.3 Å². The van der Waals surface area contributed by atoms with Gasteiger partial charge in [-0.3, -0.25) is 9.89 Å². The standard InChI is InChI=1S/C15H17FN4O.ClH/c1-10-9-20(7-6-17-10)15(21)14-8-13(18-19-14)11-2-4-12(16)5-3-11;/h2-5,8,10,17H,6-7,9H2,1H3,(H,18,19);1H. The van der Waals surface area contributed by atoms with Crippen molar-refractivity contribution in [2.75, 3.05) is 19.6 Å². The largest absolute Gasteiger partial charge is 0.335 e. The van der Waals surface area contributed by atoms with Crippen molar-refractivity contribution in [2.45, 2.75) is 13.0 Å². The molecule has 0 radical (unpaired) electrons. The number of hydrogen-bond acceptors (Lipinski definition) is 3. The van der Waals surface area contributed by atoms with E-state index >= 15 is 0 Å². The van der Waals surface area contributed by atoms with Gasteiger partial charge in [0.1, 0.15) is 11.5 Å². The maximum atomic E-state index is 12.9. The van der Waals surface area contributed by atoms with Crippen molar-refractivity contribution in [2.24, 2.45) is 0 Å². The number of halogens is 2. The Labute approximate surface area is 134 Å². The summed E-state index contributed by atoms with van der Waals surface area (Å²) in [5, 5.41) is 10.2. The minimum Gasteiger partial charge on any atom is -0.335 e. The molecule has 2 aromatic rings. The molecule has 2 N–H and O–H groups in total. The maximum Gasteiger partial charge on any atom is 0.271 e. The lowest BCUT2D eigenvalue weighted by Crippen LogP contribution is -2.51. The fourth-order valence-corrected chi connectivity index (χ4v) is 2.49. The van der Waals surface area contributed by atoms with Crippen molar-refractivity contribution in [1.82, 2.24) is 20.4 Å². The van der Waals surface area contributed by atoms with Crippen LogP contribution in [0.3, 0.4) is 0 Å². The summed E-state index contributed by atoms with van der Waals surface area (Å²) in [6.45, 7) is 4.22. The lowest BCUT2D eigenvalue weighted by atomic mass is 10.1. The van der Waals surface area contributed by atoms with E-state index in [9.17, 15) is 9.18 Å². The van der Waals surface area contributed by atoms with E-state index in [1.807, 2.05) is 4.90 Å². The zero-order chi connectivity index (χ0) is 14.8. The predicted octanol–water partition coefficient (Wildman–Crippen LogP) is 2.07. The van der Waals surface area contributed by atoms with E-state index in [2.05, 4.69) is 22.4 Å². The SMILES string of the molecule is CC1CN(C(=O)c2cc(-c3ccc(F)cc3)n[nH]2)CCN1.Cl. The highest BCUT2D eigenvalue weighted by atomic mass is 35.5. The number of carbonyl (C=O) groups excluding carboxylic acids is 1. The van der Waals surface area contributed by atoms with Crippen LogP contribution in [0.5, 0.6) is 0 Å². The Morgan fingerprint density at radius 3 is 2.77 bits per heavy atom. The molecule has 1 aromatic heterocycles. The summed E-state index contributed by atoms with van der Waals surface area (Å²) in [5.41, 5.74) is 1.88. The van der Waals surface area contributed by atoms with E-state index < -0.39 is 0 Å². The number of hydrogen-bond donors (Lipinski definition) is 2. The number of nitrogens with one attached hydrogen (secondary N) is 2. The average Bonchev–Trinajstić information content (AvgIpc) is 2.97. The molecule has 1 unspecified atom stereocenters. The number of piperazine rings is 1. The van der Waals surface area contributed by atoms with Gasteiger partial charge >= 0.3 is 0 Å². The van der Waals surface area contributed by atoms with Crippen molar-refractivity contribution in [3.05, 3.63) is 41.8 Å². The van der Waals surface area contributed by atoms with Gasteiger partial charge in [0.15, 0.2) is 0 Å². The third kappa shape index (κ3) is 3.45. The van der Waals surface area contributed by atoms with E-state index in [0.29, 0.717) is 30.5 Å². The lowest BCUT2D eigenvalue weighted by Gasteiger charge is -2.31. The molecule has 1 saturated heterocycles. The second-order valence-corrected chi connectivity index (χ2v) is 5.28. The number of aromatic amines is 1. The number of benzene rings is 1. The summed E-state index contributed by atoms with van der Waals surface area (Å²) in [6.07, 6.45) is 0. The lowest BCUT2D eigenvalue weighted by molar-refractivity contribution is 0.0703. The minimum atomic E-state index is -0.291. The van der Waals surface area contributed by atoms with Crippen LogP contribution in [0.4, 0.5) is 4.39 Å². The van der Waals surface area contributed by atoms with Crippen LogP contribution in [0.2, 0.25) is 0 Å². The first-order chi connectivity index (χ1) is 10.1. The number of rotatable bonds is 2. The number of H-pyrrole nitrogens is 1. The quantitative estimate of drug-likeness (QED) is 0.889. The van der Waals surface area contributed by atoms with Crippen LogP contribution in [0.15, 0.2) is 30.3 Å². The highest BCUT2D eigenvalue weighted by Crippen LogP contribution is 2.19. The zero-order valence-corrected chi connectivity index (χ0v) is 13.0. The molecule has 1 aromatic carbocycles. The van der Waals surface area contributed by atoms with Gasteiger partial charge in [0.25, 0.3) is 5.91 Å². The molecular weight excluding hydrogens is 307 g/mol. The highest BCUT2D eigenvalue weighted by Gasteiger charge is 2.23. The number of aromatic nitrogens is 2. The van der Waals surface area contributed by atoms with Crippen molar-refractivity contribution < 1.29 is 9.18 Å². The van der Waals surface area contributed by atoms with Gasteiger partial charge in [0.05, 0.1) is 5.69 Å². The molecule has 1 fully saturated rings. The summed E-state index contributed by atoms with van der Waals surface area (Å²) in [4.78, 5) is 14.2. The van der Waals surface area contributed by atoms with Crippen LogP contribution in [-0.2, 0) is 0 Å². The van der Waals surface area contributed by atoms with E-state index in [4.69, 9.17) is 0 Å².